The number of fused-ring (bicyclic) bond motifs is 3. The summed E-state index contributed by atoms with van der Waals surface area (Å²) in [5.74, 6) is -0.0209. The molecule has 5 nitrogen and oxygen atoms in total. The highest BCUT2D eigenvalue weighted by molar-refractivity contribution is 9.10. The van der Waals surface area contributed by atoms with Gasteiger partial charge in [0.25, 0.3) is 5.91 Å². The van der Waals surface area contributed by atoms with E-state index in [1.54, 1.807) is 23.5 Å². The van der Waals surface area contributed by atoms with Gasteiger partial charge in [0.15, 0.2) is 0 Å². The SMILES string of the molecule is C[NH+]1CCc2c(sc3c2C(=O)N[C@@H](c2cc(Cl)cc(Br)c2O)N3)C1. The van der Waals surface area contributed by atoms with Crippen molar-refractivity contribution in [1.29, 1.82) is 0 Å². The highest BCUT2D eigenvalue weighted by Crippen LogP contribution is 2.42. The molecule has 1 amide bonds. The molecule has 3 heterocycles. The number of phenolic OH excluding ortho intramolecular Hbond substituents is 1. The van der Waals surface area contributed by atoms with Crippen LogP contribution >= 0.6 is 38.9 Å². The monoisotopic (exact) mass is 428 g/mol. The number of thiophene rings is 1. The van der Waals surface area contributed by atoms with Crippen LogP contribution < -0.4 is 15.5 Å². The molecule has 24 heavy (non-hydrogen) atoms. The Hall–Kier alpha value is -1.28. The van der Waals surface area contributed by atoms with Crippen LogP contribution in [-0.4, -0.2) is 24.6 Å². The maximum Gasteiger partial charge on any atom is 0.256 e. The van der Waals surface area contributed by atoms with Crippen LogP contribution in [-0.2, 0) is 13.0 Å². The van der Waals surface area contributed by atoms with Crippen LogP contribution in [0.4, 0.5) is 5.00 Å². The van der Waals surface area contributed by atoms with Crippen molar-refractivity contribution < 1.29 is 14.8 Å². The predicted molar refractivity (Wildman–Crippen MR) is 98.1 cm³/mol. The number of quaternary nitrogens is 1. The molecule has 4 N–H and O–H groups in total. The van der Waals surface area contributed by atoms with Crippen molar-refractivity contribution in [1.82, 2.24) is 5.32 Å². The number of phenols is 1. The summed E-state index contributed by atoms with van der Waals surface area (Å²) in [6.45, 7) is 1.98. The molecule has 0 spiro atoms. The van der Waals surface area contributed by atoms with Crippen molar-refractivity contribution in [3.8, 4) is 5.75 Å². The first-order valence-electron chi connectivity index (χ1n) is 7.65. The van der Waals surface area contributed by atoms with Crippen LogP contribution in [0.2, 0.25) is 5.02 Å². The number of carbonyl (C=O) groups excluding carboxylic acids is 1. The van der Waals surface area contributed by atoms with Crippen LogP contribution in [0.1, 0.15) is 32.5 Å². The number of hydrogen-bond donors (Lipinski definition) is 4. The third kappa shape index (κ3) is 2.60. The minimum atomic E-state index is -0.509. The lowest BCUT2D eigenvalue weighted by atomic mass is 10.0. The zero-order valence-corrected chi connectivity index (χ0v) is 16.0. The van der Waals surface area contributed by atoms with E-state index in [4.69, 9.17) is 11.6 Å². The number of hydrogen-bond acceptors (Lipinski definition) is 4. The van der Waals surface area contributed by atoms with Gasteiger partial charge in [-0.2, -0.15) is 0 Å². The number of anilines is 1. The van der Waals surface area contributed by atoms with E-state index in [0.717, 1.165) is 30.1 Å². The second kappa shape index (κ2) is 5.91. The van der Waals surface area contributed by atoms with Crippen LogP contribution in [0.25, 0.3) is 0 Å². The molecule has 0 aliphatic carbocycles. The largest absolute Gasteiger partial charge is 0.506 e. The molecule has 0 saturated heterocycles. The average molecular weight is 430 g/mol. The predicted octanol–water partition coefficient (Wildman–Crippen LogP) is 2.29. The summed E-state index contributed by atoms with van der Waals surface area (Å²) >= 11 is 11.0. The maximum atomic E-state index is 12.7. The van der Waals surface area contributed by atoms with Gasteiger partial charge >= 0.3 is 0 Å². The first kappa shape index (κ1) is 16.2. The smallest absolute Gasteiger partial charge is 0.256 e. The zero-order chi connectivity index (χ0) is 17.0. The number of aromatic hydroxyl groups is 1. The van der Waals surface area contributed by atoms with Gasteiger partial charge in [-0.25, -0.2) is 0 Å². The summed E-state index contributed by atoms with van der Waals surface area (Å²) < 4.78 is 0.502. The van der Waals surface area contributed by atoms with Gasteiger partial charge in [0.2, 0.25) is 0 Å². The second-order valence-corrected chi connectivity index (χ2v) is 8.61. The Morgan fingerprint density at radius 1 is 1.42 bits per heavy atom. The zero-order valence-electron chi connectivity index (χ0n) is 12.9. The fourth-order valence-electron chi connectivity index (χ4n) is 3.29. The van der Waals surface area contributed by atoms with E-state index in [-0.39, 0.29) is 11.7 Å². The Balaban J connectivity index is 1.74. The van der Waals surface area contributed by atoms with E-state index in [2.05, 4.69) is 33.6 Å². The lowest BCUT2D eigenvalue weighted by molar-refractivity contribution is -0.895. The van der Waals surface area contributed by atoms with Crippen molar-refractivity contribution in [2.45, 2.75) is 19.1 Å². The quantitative estimate of drug-likeness (QED) is 0.562. The average Bonchev–Trinajstić information content (AvgIpc) is 2.88. The van der Waals surface area contributed by atoms with Crippen LogP contribution in [0.15, 0.2) is 16.6 Å². The Kier molecular flexibility index (Phi) is 3.99. The Morgan fingerprint density at radius 3 is 3.00 bits per heavy atom. The highest BCUT2D eigenvalue weighted by Gasteiger charge is 2.34. The first-order chi connectivity index (χ1) is 11.4. The molecule has 1 unspecified atom stereocenters. The van der Waals surface area contributed by atoms with Gasteiger partial charge in [-0.15, -0.1) is 11.3 Å². The number of likely N-dealkylation sites (N-methyl/N-ethyl adjacent to an activating group) is 1. The van der Waals surface area contributed by atoms with Crippen LogP contribution in [0.5, 0.6) is 5.75 Å². The van der Waals surface area contributed by atoms with Crippen molar-refractivity contribution in [2.24, 2.45) is 0 Å². The molecule has 1 aromatic carbocycles. The molecule has 1 aromatic heterocycles. The molecule has 0 bridgehead atoms. The normalized spacial score (nSPS) is 22.4. The number of amides is 1. The van der Waals surface area contributed by atoms with Gasteiger partial charge in [-0.1, -0.05) is 11.6 Å². The number of benzene rings is 1. The number of nitrogens with one attached hydrogen (secondary N) is 3. The fourth-order valence-corrected chi connectivity index (χ4v) is 5.52. The summed E-state index contributed by atoms with van der Waals surface area (Å²) in [5.41, 5.74) is 2.47. The van der Waals surface area contributed by atoms with Gasteiger partial charge in [0, 0.05) is 17.0 Å². The van der Waals surface area contributed by atoms with E-state index in [1.807, 2.05) is 0 Å². The topological polar surface area (TPSA) is 65.8 Å². The molecule has 2 atom stereocenters. The third-order valence-electron chi connectivity index (χ3n) is 4.50. The Bertz CT molecular complexity index is 854. The van der Waals surface area contributed by atoms with Gasteiger partial charge in [0.05, 0.1) is 28.5 Å². The number of halogens is 2. The standard InChI is InChI=1S/C16H15BrClN3O2S/c1-21-3-2-8-11(6-21)24-16-12(8)15(23)19-14(20-16)9-4-7(18)5-10(17)13(9)22/h4-5,14,20,22H,2-3,6H2,1H3,(H,19,23)/p+1/t14-/m1/s1. The first-order valence-corrected chi connectivity index (χ1v) is 9.64. The van der Waals surface area contributed by atoms with E-state index in [0.29, 0.717) is 15.1 Å². The van der Waals surface area contributed by atoms with E-state index < -0.39 is 6.17 Å². The van der Waals surface area contributed by atoms with Crippen LogP contribution in [0.3, 0.4) is 0 Å². The van der Waals surface area contributed by atoms with Gasteiger partial charge < -0.3 is 20.6 Å². The molecule has 2 aliphatic rings. The molecular weight excluding hydrogens is 414 g/mol. The molecule has 8 heteroatoms. The lowest BCUT2D eigenvalue weighted by Crippen LogP contribution is -3.08. The Labute approximate surface area is 156 Å². The van der Waals surface area contributed by atoms with Gasteiger partial charge in [-0.3, -0.25) is 4.79 Å². The van der Waals surface area contributed by atoms with E-state index in [1.165, 1.54) is 15.3 Å². The minimum absolute atomic E-state index is 0.0751. The highest BCUT2D eigenvalue weighted by atomic mass is 79.9. The molecule has 0 radical (unpaired) electrons. The van der Waals surface area contributed by atoms with Crippen molar-refractivity contribution in [3.05, 3.63) is 43.2 Å². The summed E-state index contributed by atoms with van der Waals surface area (Å²) in [6.07, 6.45) is 0.408. The summed E-state index contributed by atoms with van der Waals surface area (Å²) in [4.78, 5) is 15.4. The van der Waals surface area contributed by atoms with Crippen molar-refractivity contribution >= 4 is 49.8 Å². The molecular formula is C16H16BrClN3O2S+. The minimum Gasteiger partial charge on any atom is -0.506 e. The molecule has 0 fully saturated rings. The maximum absolute atomic E-state index is 12.7. The summed E-state index contributed by atoms with van der Waals surface area (Å²) in [5, 5.41) is 18.0. The molecule has 2 aromatic rings. The van der Waals surface area contributed by atoms with E-state index in [9.17, 15) is 9.90 Å². The van der Waals surface area contributed by atoms with Crippen molar-refractivity contribution in [2.75, 3.05) is 18.9 Å². The molecule has 0 saturated carbocycles. The van der Waals surface area contributed by atoms with Crippen LogP contribution in [0, 0.1) is 0 Å². The van der Waals surface area contributed by atoms with E-state index >= 15 is 0 Å². The van der Waals surface area contributed by atoms with Gasteiger partial charge in [-0.05, 0) is 33.6 Å². The second-order valence-electron chi connectivity index (χ2n) is 6.22. The lowest BCUT2D eigenvalue weighted by Gasteiger charge is -2.27. The molecule has 126 valence electrons. The Morgan fingerprint density at radius 2 is 2.21 bits per heavy atom. The number of rotatable bonds is 1. The summed E-state index contributed by atoms with van der Waals surface area (Å²) in [6, 6.07) is 3.29. The molecule has 2 aliphatic heterocycles. The fraction of sp³-hybridized carbons (Fsp3) is 0.312. The van der Waals surface area contributed by atoms with Crippen molar-refractivity contribution in [3.63, 3.8) is 0 Å². The molecule has 4 rings (SSSR count). The van der Waals surface area contributed by atoms with Gasteiger partial charge in [0.1, 0.15) is 23.5 Å². The summed E-state index contributed by atoms with van der Waals surface area (Å²) in [7, 11) is 2.17. The number of carbonyl (C=O) groups is 1. The third-order valence-corrected chi connectivity index (χ3v) is 6.49.